The molecule has 2 amide bonds. The monoisotopic (exact) mass is 246 g/mol. The molecule has 2 N–H and O–H groups in total. The number of carbonyl (C=O) groups is 1. The molecule has 18 heavy (non-hydrogen) atoms. The molecule has 0 spiro atoms. The zero-order valence-electron chi connectivity index (χ0n) is 10.5. The Bertz CT molecular complexity index is 437. The van der Waals surface area contributed by atoms with Crippen molar-refractivity contribution in [3.8, 4) is 0 Å². The Hall–Kier alpha value is -1.78. The van der Waals surface area contributed by atoms with Crippen LogP contribution in [0.5, 0.6) is 0 Å². The first-order chi connectivity index (χ1) is 8.72. The quantitative estimate of drug-likeness (QED) is 0.854. The standard InChI is InChI=1S/C13H18N4O/c1-17(13(18)16-10-4-5-10)11-6-7-12(14-8-11)15-9-2-3-9/h6-10H,2-5H2,1H3,(H,14,15)(H,16,18). The second-order valence-electron chi connectivity index (χ2n) is 5.10. The zero-order valence-corrected chi connectivity index (χ0v) is 10.5. The van der Waals surface area contributed by atoms with Crippen molar-refractivity contribution in [1.29, 1.82) is 0 Å². The fourth-order valence-corrected chi connectivity index (χ4v) is 1.72. The summed E-state index contributed by atoms with van der Waals surface area (Å²) in [6, 6.07) is 4.77. The van der Waals surface area contributed by atoms with E-state index in [0.29, 0.717) is 12.1 Å². The highest BCUT2D eigenvalue weighted by molar-refractivity contribution is 5.91. The number of carbonyl (C=O) groups excluding carboxylic acids is 1. The molecule has 0 atom stereocenters. The molecule has 2 saturated carbocycles. The summed E-state index contributed by atoms with van der Waals surface area (Å²) in [5.41, 5.74) is 0.814. The molecule has 3 rings (SSSR count). The molecular formula is C13H18N4O. The summed E-state index contributed by atoms with van der Waals surface area (Å²) in [5.74, 6) is 0.886. The lowest BCUT2D eigenvalue weighted by Crippen LogP contribution is -2.38. The summed E-state index contributed by atoms with van der Waals surface area (Å²) in [7, 11) is 1.77. The molecule has 2 fully saturated rings. The lowest BCUT2D eigenvalue weighted by atomic mass is 10.3. The molecule has 0 saturated heterocycles. The maximum Gasteiger partial charge on any atom is 0.321 e. The fraction of sp³-hybridized carbons (Fsp3) is 0.538. The number of anilines is 2. The van der Waals surface area contributed by atoms with Crippen LogP contribution in [0.3, 0.4) is 0 Å². The number of rotatable bonds is 4. The van der Waals surface area contributed by atoms with Crippen molar-refractivity contribution in [3.05, 3.63) is 18.3 Å². The van der Waals surface area contributed by atoms with Gasteiger partial charge in [-0.3, -0.25) is 4.90 Å². The van der Waals surface area contributed by atoms with E-state index in [1.54, 1.807) is 18.1 Å². The van der Waals surface area contributed by atoms with Gasteiger partial charge in [-0.1, -0.05) is 0 Å². The van der Waals surface area contributed by atoms with Gasteiger partial charge in [-0.25, -0.2) is 9.78 Å². The average Bonchev–Trinajstić information content (AvgIpc) is 3.25. The number of hydrogen-bond donors (Lipinski definition) is 2. The molecule has 2 aliphatic rings. The maximum atomic E-state index is 11.8. The first-order valence-corrected chi connectivity index (χ1v) is 6.49. The van der Waals surface area contributed by atoms with Crippen LogP contribution in [0.1, 0.15) is 25.7 Å². The van der Waals surface area contributed by atoms with Crippen LogP contribution >= 0.6 is 0 Å². The Morgan fingerprint density at radius 1 is 1.28 bits per heavy atom. The van der Waals surface area contributed by atoms with Gasteiger partial charge in [0.2, 0.25) is 0 Å². The molecule has 0 aromatic carbocycles. The van der Waals surface area contributed by atoms with Crippen molar-refractivity contribution >= 4 is 17.5 Å². The van der Waals surface area contributed by atoms with Gasteiger partial charge in [-0.2, -0.15) is 0 Å². The molecule has 5 heteroatoms. The summed E-state index contributed by atoms with van der Waals surface area (Å²) < 4.78 is 0. The Balaban J connectivity index is 1.60. The van der Waals surface area contributed by atoms with Gasteiger partial charge in [0, 0.05) is 19.1 Å². The minimum atomic E-state index is -0.0535. The van der Waals surface area contributed by atoms with Crippen molar-refractivity contribution < 1.29 is 4.79 Å². The van der Waals surface area contributed by atoms with Crippen molar-refractivity contribution in [2.75, 3.05) is 17.3 Å². The molecule has 96 valence electrons. The summed E-state index contributed by atoms with van der Waals surface area (Å²) in [5, 5.41) is 6.28. The van der Waals surface area contributed by atoms with Crippen molar-refractivity contribution in [3.63, 3.8) is 0 Å². The van der Waals surface area contributed by atoms with Crippen LogP contribution in [0.2, 0.25) is 0 Å². The Morgan fingerprint density at radius 3 is 2.56 bits per heavy atom. The number of hydrogen-bond acceptors (Lipinski definition) is 3. The number of urea groups is 1. The second kappa shape index (κ2) is 4.48. The minimum Gasteiger partial charge on any atom is -0.367 e. The largest absolute Gasteiger partial charge is 0.367 e. The lowest BCUT2D eigenvalue weighted by molar-refractivity contribution is 0.247. The van der Waals surface area contributed by atoms with Gasteiger partial charge in [-0.15, -0.1) is 0 Å². The first kappa shape index (κ1) is 11.3. The molecular weight excluding hydrogens is 228 g/mol. The first-order valence-electron chi connectivity index (χ1n) is 6.49. The summed E-state index contributed by atoms with van der Waals surface area (Å²) in [4.78, 5) is 17.8. The number of aromatic nitrogens is 1. The van der Waals surface area contributed by atoms with E-state index < -0.39 is 0 Å². The molecule has 0 aliphatic heterocycles. The number of amides is 2. The molecule has 5 nitrogen and oxygen atoms in total. The van der Waals surface area contributed by atoms with Crippen LogP contribution in [-0.4, -0.2) is 30.1 Å². The van der Waals surface area contributed by atoms with Gasteiger partial charge >= 0.3 is 6.03 Å². The number of nitrogens with one attached hydrogen (secondary N) is 2. The lowest BCUT2D eigenvalue weighted by Gasteiger charge is -2.17. The van der Waals surface area contributed by atoms with Gasteiger partial charge in [0.25, 0.3) is 0 Å². The highest BCUT2D eigenvalue weighted by Gasteiger charge is 2.25. The van der Waals surface area contributed by atoms with Crippen molar-refractivity contribution in [1.82, 2.24) is 10.3 Å². The third-order valence-corrected chi connectivity index (χ3v) is 3.27. The zero-order chi connectivity index (χ0) is 12.5. The average molecular weight is 246 g/mol. The maximum absolute atomic E-state index is 11.8. The molecule has 0 radical (unpaired) electrons. The highest BCUT2D eigenvalue weighted by Crippen LogP contribution is 2.24. The summed E-state index contributed by atoms with van der Waals surface area (Å²) in [6.07, 6.45) is 6.39. The van der Waals surface area contributed by atoms with E-state index in [-0.39, 0.29) is 6.03 Å². The Labute approximate surface area is 107 Å². The third-order valence-electron chi connectivity index (χ3n) is 3.27. The van der Waals surface area contributed by atoms with Crippen LogP contribution in [0, 0.1) is 0 Å². The van der Waals surface area contributed by atoms with Crippen LogP contribution in [0.15, 0.2) is 18.3 Å². The molecule has 0 unspecified atom stereocenters. The van der Waals surface area contributed by atoms with E-state index in [2.05, 4.69) is 15.6 Å². The van der Waals surface area contributed by atoms with E-state index in [9.17, 15) is 4.79 Å². The second-order valence-corrected chi connectivity index (χ2v) is 5.10. The fourth-order valence-electron chi connectivity index (χ4n) is 1.72. The molecule has 0 bridgehead atoms. The predicted octanol–water partition coefficient (Wildman–Crippen LogP) is 1.96. The van der Waals surface area contributed by atoms with E-state index >= 15 is 0 Å². The predicted molar refractivity (Wildman–Crippen MR) is 70.8 cm³/mol. The van der Waals surface area contributed by atoms with Crippen LogP contribution < -0.4 is 15.5 Å². The van der Waals surface area contributed by atoms with E-state index in [4.69, 9.17) is 0 Å². The number of nitrogens with zero attached hydrogens (tertiary/aromatic N) is 2. The van der Waals surface area contributed by atoms with Crippen LogP contribution in [0.25, 0.3) is 0 Å². The highest BCUT2D eigenvalue weighted by atomic mass is 16.2. The van der Waals surface area contributed by atoms with E-state index in [0.717, 1.165) is 24.3 Å². The molecule has 2 aliphatic carbocycles. The summed E-state index contributed by atoms with van der Waals surface area (Å²) >= 11 is 0. The van der Waals surface area contributed by atoms with Crippen molar-refractivity contribution in [2.45, 2.75) is 37.8 Å². The van der Waals surface area contributed by atoms with Gasteiger partial charge in [0.1, 0.15) is 5.82 Å². The molecule has 1 heterocycles. The third kappa shape index (κ3) is 2.72. The van der Waals surface area contributed by atoms with Crippen LogP contribution in [-0.2, 0) is 0 Å². The molecule has 1 aromatic heterocycles. The Morgan fingerprint density at radius 2 is 2.00 bits per heavy atom. The van der Waals surface area contributed by atoms with Gasteiger partial charge in [0.15, 0.2) is 0 Å². The van der Waals surface area contributed by atoms with Gasteiger partial charge < -0.3 is 10.6 Å². The SMILES string of the molecule is CN(C(=O)NC1CC1)c1ccc(NC2CC2)nc1. The molecule has 1 aromatic rings. The van der Waals surface area contributed by atoms with Gasteiger partial charge in [0.05, 0.1) is 11.9 Å². The van der Waals surface area contributed by atoms with E-state index in [1.165, 1.54) is 12.8 Å². The minimum absolute atomic E-state index is 0.0535. The van der Waals surface area contributed by atoms with E-state index in [1.807, 2.05) is 12.1 Å². The number of pyridine rings is 1. The summed E-state index contributed by atoms with van der Waals surface area (Å²) in [6.45, 7) is 0. The van der Waals surface area contributed by atoms with Crippen LogP contribution in [0.4, 0.5) is 16.3 Å². The van der Waals surface area contributed by atoms with Crippen molar-refractivity contribution in [2.24, 2.45) is 0 Å². The Kier molecular flexibility index (Phi) is 2.81. The van der Waals surface area contributed by atoms with Gasteiger partial charge in [-0.05, 0) is 37.8 Å². The topological polar surface area (TPSA) is 57.3 Å². The smallest absolute Gasteiger partial charge is 0.321 e. The normalized spacial score (nSPS) is 18.3.